The molecule has 5 nitrogen and oxygen atoms in total. The fraction of sp³-hybridized carbons (Fsp3) is 0.300. The lowest BCUT2D eigenvalue weighted by Gasteiger charge is -2.15. The van der Waals surface area contributed by atoms with E-state index in [1.54, 1.807) is 31.2 Å². The van der Waals surface area contributed by atoms with Gasteiger partial charge in [0.15, 0.2) is 6.10 Å². The van der Waals surface area contributed by atoms with E-state index < -0.39 is 6.10 Å². The van der Waals surface area contributed by atoms with E-state index in [0.717, 1.165) is 10.2 Å². The number of carbonyl (C=O) groups is 1. The normalized spacial score (nSPS) is 12.2. The van der Waals surface area contributed by atoms with Gasteiger partial charge in [-0.05, 0) is 49.2 Å². The summed E-state index contributed by atoms with van der Waals surface area (Å²) in [5.74, 6) is 1.17. The van der Waals surface area contributed by atoms with Gasteiger partial charge in [0.2, 0.25) is 0 Å². The van der Waals surface area contributed by atoms with Crippen LogP contribution in [0.25, 0.3) is 10.2 Å². The van der Waals surface area contributed by atoms with Crippen molar-refractivity contribution in [3.05, 3.63) is 48.5 Å². The monoisotopic (exact) mass is 371 g/mol. The number of ether oxygens (including phenoxy) is 3. The topological polar surface area (TPSA) is 57.7 Å². The molecule has 1 aromatic heterocycles. The highest BCUT2D eigenvalue weighted by molar-refractivity contribution is 7.20. The predicted molar refractivity (Wildman–Crippen MR) is 102 cm³/mol. The number of carbonyl (C=O) groups excluding carboxylic acids is 1. The molecule has 0 radical (unpaired) electrons. The number of fused-ring (bicyclic) bond motifs is 1. The molecule has 3 aromatic rings. The Morgan fingerprint density at radius 1 is 1.04 bits per heavy atom. The highest BCUT2D eigenvalue weighted by Gasteiger charge is 2.17. The van der Waals surface area contributed by atoms with Crippen molar-refractivity contribution in [1.82, 2.24) is 4.98 Å². The number of rotatable bonds is 7. The lowest BCUT2D eigenvalue weighted by Crippen LogP contribution is -2.27. The van der Waals surface area contributed by atoms with Crippen LogP contribution in [0.15, 0.2) is 48.5 Å². The van der Waals surface area contributed by atoms with Gasteiger partial charge in [-0.15, -0.1) is 0 Å². The largest absolute Gasteiger partial charge is 0.479 e. The molecule has 0 spiro atoms. The first kappa shape index (κ1) is 18.2. The summed E-state index contributed by atoms with van der Waals surface area (Å²) in [6.07, 6.45) is -0.662. The quantitative estimate of drug-likeness (QED) is 0.544. The van der Waals surface area contributed by atoms with Crippen molar-refractivity contribution in [2.75, 3.05) is 6.61 Å². The van der Waals surface area contributed by atoms with Crippen LogP contribution in [0.5, 0.6) is 16.7 Å². The molecular formula is C20H21NO4S. The summed E-state index contributed by atoms with van der Waals surface area (Å²) in [6, 6.07) is 15.0. The Balaban J connectivity index is 1.58. The minimum absolute atomic E-state index is 0.296. The van der Waals surface area contributed by atoms with Crippen molar-refractivity contribution < 1.29 is 19.0 Å². The number of aromatic nitrogens is 1. The lowest BCUT2D eigenvalue weighted by molar-refractivity contribution is -0.152. The number of hydrogen-bond acceptors (Lipinski definition) is 6. The SMILES string of the molecule is CC(C)COC(=O)[C@@H](C)Oc1ccc(Oc2nc3ccccc3s2)cc1. The van der Waals surface area contributed by atoms with E-state index in [2.05, 4.69) is 4.98 Å². The molecule has 0 aliphatic carbocycles. The maximum absolute atomic E-state index is 11.9. The molecular weight excluding hydrogens is 350 g/mol. The van der Waals surface area contributed by atoms with Crippen LogP contribution in [0, 0.1) is 5.92 Å². The van der Waals surface area contributed by atoms with Gasteiger partial charge in [0.1, 0.15) is 11.5 Å². The highest BCUT2D eigenvalue weighted by Crippen LogP contribution is 2.31. The second kappa shape index (κ2) is 8.19. The third-order valence-corrected chi connectivity index (χ3v) is 4.42. The van der Waals surface area contributed by atoms with Crippen molar-refractivity contribution >= 4 is 27.5 Å². The van der Waals surface area contributed by atoms with Gasteiger partial charge >= 0.3 is 5.97 Å². The second-order valence-electron chi connectivity index (χ2n) is 6.30. The van der Waals surface area contributed by atoms with Gasteiger partial charge in [0, 0.05) is 0 Å². The van der Waals surface area contributed by atoms with Crippen LogP contribution in [-0.2, 0) is 9.53 Å². The Morgan fingerprint density at radius 3 is 2.42 bits per heavy atom. The van der Waals surface area contributed by atoms with Crippen LogP contribution in [0.2, 0.25) is 0 Å². The zero-order valence-electron chi connectivity index (χ0n) is 15.0. The van der Waals surface area contributed by atoms with Crippen LogP contribution in [0.1, 0.15) is 20.8 Å². The van der Waals surface area contributed by atoms with Gasteiger partial charge in [0.05, 0.1) is 16.8 Å². The minimum atomic E-state index is -0.662. The summed E-state index contributed by atoms with van der Waals surface area (Å²) in [5, 5.41) is 0.588. The molecule has 0 N–H and O–H groups in total. The molecule has 2 aromatic carbocycles. The molecule has 0 aliphatic heterocycles. The summed E-state index contributed by atoms with van der Waals surface area (Å²) >= 11 is 1.49. The molecule has 0 bridgehead atoms. The van der Waals surface area contributed by atoms with Crippen LogP contribution in [0.4, 0.5) is 0 Å². The summed E-state index contributed by atoms with van der Waals surface area (Å²) < 4.78 is 17.7. The van der Waals surface area contributed by atoms with Crippen molar-refractivity contribution in [1.29, 1.82) is 0 Å². The Labute approximate surface area is 156 Å². The van der Waals surface area contributed by atoms with E-state index in [0.29, 0.717) is 29.2 Å². The average molecular weight is 371 g/mol. The molecule has 136 valence electrons. The third kappa shape index (κ3) is 4.73. The number of hydrogen-bond donors (Lipinski definition) is 0. The first-order valence-electron chi connectivity index (χ1n) is 8.48. The van der Waals surface area contributed by atoms with Gasteiger partial charge in [-0.25, -0.2) is 9.78 Å². The van der Waals surface area contributed by atoms with E-state index in [1.807, 2.05) is 38.1 Å². The van der Waals surface area contributed by atoms with Crippen LogP contribution >= 0.6 is 11.3 Å². The molecule has 0 fully saturated rings. The Kier molecular flexibility index (Phi) is 5.73. The summed E-state index contributed by atoms with van der Waals surface area (Å²) in [7, 11) is 0. The van der Waals surface area contributed by atoms with E-state index >= 15 is 0 Å². The molecule has 6 heteroatoms. The van der Waals surface area contributed by atoms with E-state index in [9.17, 15) is 4.79 Å². The first-order chi connectivity index (χ1) is 12.5. The predicted octanol–water partition coefficient (Wildman–Crippen LogP) is 5.06. The van der Waals surface area contributed by atoms with Crippen LogP contribution < -0.4 is 9.47 Å². The molecule has 26 heavy (non-hydrogen) atoms. The lowest BCUT2D eigenvalue weighted by atomic mass is 10.2. The molecule has 0 saturated carbocycles. The molecule has 0 amide bonds. The number of esters is 1. The van der Waals surface area contributed by atoms with Gasteiger partial charge in [-0.2, -0.15) is 0 Å². The Morgan fingerprint density at radius 2 is 1.73 bits per heavy atom. The van der Waals surface area contributed by atoms with Crippen molar-refractivity contribution in [3.8, 4) is 16.7 Å². The highest BCUT2D eigenvalue weighted by atomic mass is 32.1. The molecule has 3 rings (SSSR count). The smallest absolute Gasteiger partial charge is 0.347 e. The number of para-hydroxylation sites is 1. The van der Waals surface area contributed by atoms with Gasteiger partial charge < -0.3 is 14.2 Å². The van der Waals surface area contributed by atoms with E-state index in [-0.39, 0.29) is 5.97 Å². The molecule has 0 aliphatic rings. The number of benzene rings is 2. The average Bonchev–Trinajstić information content (AvgIpc) is 3.03. The molecule has 0 saturated heterocycles. The number of thiazole rings is 1. The van der Waals surface area contributed by atoms with Crippen molar-refractivity contribution in [3.63, 3.8) is 0 Å². The van der Waals surface area contributed by atoms with E-state index in [1.165, 1.54) is 11.3 Å². The fourth-order valence-corrected chi connectivity index (χ4v) is 3.04. The fourth-order valence-electron chi connectivity index (χ4n) is 2.20. The second-order valence-corrected chi connectivity index (χ2v) is 7.30. The molecule has 1 atom stereocenters. The zero-order chi connectivity index (χ0) is 18.5. The van der Waals surface area contributed by atoms with Gasteiger partial charge in [0.25, 0.3) is 5.19 Å². The standard InChI is InChI=1S/C20H21NO4S/c1-13(2)12-23-19(22)14(3)24-15-8-10-16(11-9-15)25-20-21-17-6-4-5-7-18(17)26-20/h4-11,13-14H,12H2,1-3H3/t14-/m1/s1. The minimum Gasteiger partial charge on any atom is -0.479 e. The summed E-state index contributed by atoms with van der Waals surface area (Å²) in [4.78, 5) is 16.3. The molecule has 1 heterocycles. The summed E-state index contributed by atoms with van der Waals surface area (Å²) in [6.45, 7) is 6.04. The van der Waals surface area contributed by atoms with Crippen molar-refractivity contribution in [2.24, 2.45) is 5.92 Å². The third-order valence-electron chi connectivity index (χ3n) is 3.51. The van der Waals surface area contributed by atoms with Gasteiger partial charge in [-0.3, -0.25) is 0 Å². The first-order valence-corrected chi connectivity index (χ1v) is 9.29. The van der Waals surface area contributed by atoms with E-state index in [4.69, 9.17) is 14.2 Å². The summed E-state index contributed by atoms with van der Waals surface area (Å²) in [5.41, 5.74) is 0.918. The van der Waals surface area contributed by atoms with Crippen LogP contribution in [-0.4, -0.2) is 23.7 Å². The number of nitrogens with zero attached hydrogens (tertiary/aromatic N) is 1. The van der Waals surface area contributed by atoms with Crippen molar-refractivity contribution in [2.45, 2.75) is 26.9 Å². The zero-order valence-corrected chi connectivity index (χ0v) is 15.8. The molecule has 0 unspecified atom stereocenters. The maximum atomic E-state index is 11.9. The Hall–Kier alpha value is -2.60. The van der Waals surface area contributed by atoms with Gasteiger partial charge in [-0.1, -0.05) is 37.3 Å². The van der Waals surface area contributed by atoms with Crippen LogP contribution in [0.3, 0.4) is 0 Å². The Bertz CT molecular complexity index is 840. The maximum Gasteiger partial charge on any atom is 0.347 e.